The summed E-state index contributed by atoms with van der Waals surface area (Å²) in [6.07, 6.45) is 8.60. The minimum Gasteiger partial charge on any atom is -0.367 e. The normalized spacial score (nSPS) is 23.6. The lowest BCUT2D eigenvalue weighted by Crippen LogP contribution is -2.30. The minimum absolute atomic E-state index is 0.393. The number of nitrogens with zero attached hydrogens (tertiary/aromatic N) is 1. The number of hydrogen-bond acceptors (Lipinski definition) is 4. The number of rotatable bonds is 4. The summed E-state index contributed by atoms with van der Waals surface area (Å²) in [4.78, 5) is 15.5. The third kappa shape index (κ3) is 3.16. The van der Waals surface area contributed by atoms with E-state index in [1.54, 1.807) is 18.3 Å². The Bertz CT molecular complexity index is 424. The van der Waals surface area contributed by atoms with Gasteiger partial charge in [-0.3, -0.25) is 4.79 Å². The van der Waals surface area contributed by atoms with Crippen LogP contribution in [0.2, 0.25) is 0 Å². The standard InChI is InChI=1S/C13H19N3OS/c1-18-10-5-2-4-9(8-10)16-13-11(12(14)17)6-3-7-15-13/h3,6-7,9-10H,2,4-5,8H2,1H3,(H2,14,17)(H,15,16). The zero-order valence-electron chi connectivity index (χ0n) is 10.6. The number of amides is 1. The first kappa shape index (κ1) is 13.2. The van der Waals surface area contributed by atoms with Crippen molar-refractivity contribution in [2.45, 2.75) is 37.0 Å². The molecular formula is C13H19N3OS. The fourth-order valence-corrected chi connectivity index (χ4v) is 3.23. The molecular weight excluding hydrogens is 246 g/mol. The number of nitrogens with one attached hydrogen (secondary N) is 1. The van der Waals surface area contributed by atoms with Crippen molar-refractivity contribution >= 4 is 23.5 Å². The van der Waals surface area contributed by atoms with Gasteiger partial charge in [-0.05, 0) is 37.7 Å². The van der Waals surface area contributed by atoms with Gasteiger partial charge in [0.1, 0.15) is 5.82 Å². The fourth-order valence-electron chi connectivity index (χ4n) is 2.40. The summed E-state index contributed by atoms with van der Waals surface area (Å²) in [6, 6.07) is 3.84. The van der Waals surface area contributed by atoms with Crippen LogP contribution in [0.25, 0.3) is 0 Å². The number of hydrogen-bond donors (Lipinski definition) is 2. The van der Waals surface area contributed by atoms with Gasteiger partial charge in [0, 0.05) is 17.5 Å². The van der Waals surface area contributed by atoms with Crippen molar-refractivity contribution in [3.8, 4) is 0 Å². The van der Waals surface area contributed by atoms with Crippen LogP contribution in [0.5, 0.6) is 0 Å². The number of carbonyl (C=O) groups is 1. The van der Waals surface area contributed by atoms with Crippen molar-refractivity contribution in [2.24, 2.45) is 5.73 Å². The van der Waals surface area contributed by atoms with Crippen molar-refractivity contribution in [2.75, 3.05) is 11.6 Å². The lowest BCUT2D eigenvalue weighted by molar-refractivity contribution is 0.100. The molecule has 0 bridgehead atoms. The van der Waals surface area contributed by atoms with Gasteiger partial charge in [-0.15, -0.1) is 0 Å². The SMILES string of the molecule is CSC1CCCC(Nc2ncccc2C(N)=O)C1. The molecule has 1 amide bonds. The van der Waals surface area contributed by atoms with Crippen molar-refractivity contribution in [1.29, 1.82) is 0 Å². The van der Waals surface area contributed by atoms with E-state index < -0.39 is 5.91 Å². The maximum Gasteiger partial charge on any atom is 0.252 e. The highest BCUT2D eigenvalue weighted by Crippen LogP contribution is 2.29. The molecule has 0 aromatic carbocycles. The van der Waals surface area contributed by atoms with Crippen LogP contribution < -0.4 is 11.1 Å². The predicted molar refractivity (Wildman–Crippen MR) is 75.9 cm³/mol. The highest BCUT2D eigenvalue weighted by Gasteiger charge is 2.22. The largest absolute Gasteiger partial charge is 0.367 e. The van der Waals surface area contributed by atoms with Crippen LogP contribution in [0.1, 0.15) is 36.0 Å². The highest BCUT2D eigenvalue weighted by molar-refractivity contribution is 7.99. The Balaban J connectivity index is 2.07. The number of anilines is 1. The van der Waals surface area contributed by atoms with E-state index in [1.165, 1.54) is 12.8 Å². The van der Waals surface area contributed by atoms with E-state index in [-0.39, 0.29) is 0 Å². The van der Waals surface area contributed by atoms with Crippen LogP contribution in [-0.2, 0) is 0 Å². The Labute approximate surface area is 112 Å². The van der Waals surface area contributed by atoms with Gasteiger partial charge in [-0.1, -0.05) is 6.42 Å². The van der Waals surface area contributed by atoms with Gasteiger partial charge in [0.25, 0.3) is 5.91 Å². The summed E-state index contributed by atoms with van der Waals surface area (Å²) in [5.41, 5.74) is 5.83. The summed E-state index contributed by atoms with van der Waals surface area (Å²) < 4.78 is 0. The molecule has 1 saturated carbocycles. The van der Waals surface area contributed by atoms with E-state index in [0.29, 0.717) is 22.7 Å². The lowest BCUT2D eigenvalue weighted by atomic mass is 9.95. The zero-order chi connectivity index (χ0) is 13.0. The molecule has 98 valence electrons. The van der Waals surface area contributed by atoms with Gasteiger partial charge in [-0.2, -0.15) is 11.8 Å². The number of pyridine rings is 1. The molecule has 0 aliphatic heterocycles. The van der Waals surface area contributed by atoms with Gasteiger partial charge < -0.3 is 11.1 Å². The molecule has 1 aromatic heterocycles. The number of nitrogens with two attached hydrogens (primary N) is 1. The predicted octanol–water partition coefficient (Wildman–Crippen LogP) is 2.27. The second kappa shape index (κ2) is 6.09. The van der Waals surface area contributed by atoms with Crippen molar-refractivity contribution in [3.05, 3.63) is 23.9 Å². The van der Waals surface area contributed by atoms with Crippen molar-refractivity contribution in [1.82, 2.24) is 4.98 Å². The summed E-state index contributed by atoms with van der Waals surface area (Å²) in [5.74, 6) is 0.194. The smallest absolute Gasteiger partial charge is 0.252 e. The average Bonchev–Trinajstić information content (AvgIpc) is 2.39. The summed E-state index contributed by atoms with van der Waals surface area (Å²) in [6.45, 7) is 0. The summed E-state index contributed by atoms with van der Waals surface area (Å²) in [5, 5.41) is 4.08. The Hall–Kier alpha value is -1.23. The van der Waals surface area contributed by atoms with Crippen molar-refractivity contribution in [3.63, 3.8) is 0 Å². The Morgan fingerprint density at radius 1 is 1.56 bits per heavy atom. The van der Waals surface area contributed by atoms with Crippen LogP contribution in [0.4, 0.5) is 5.82 Å². The molecule has 1 aliphatic rings. The fraction of sp³-hybridized carbons (Fsp3) is 0.538. The molecule has 1 aromatic rings. The Morgan fingerprint density at radius 3 is 3.11 bits per heavy atom. The minimum atomic E-state index is -0.428. The molecule has 2 rings (SSSR count). The molecule has 1 aliphatic carbocycles. The van der Waals surface area contributed by atoms with Gasteiger partial charge in [0.15, 0.2) is 0 Å². The molecule has 4 nitrogen and oxygen atoms in total. The van der Waals surface area contributed by atoms with Crippen LogP contribution >= 0.6 is 11.8 Å². The average molecular weight is 265 g/mol. The van der Waals surface area contributed by atoms with Crippen molar-refractivity contribution < 1.29 is 4.79 Å². The number of thioether (sulfide) groups is 1. The van der Waals surface area contributed by atoms with Gasteiger partial charge in [-0.25, -0.2) is 4.98 Å². The van der Waals surface area contributed by atoms with E-state index in [0.717, 1.165) is 12.8 Å². The molecule has 2 atom stereocenters. The maximum atomic E-state index is 11.3. The number of primary amides is 1. The monoisotopic (exact) mass is 265 g/mol. The van der Waals surface area contributed by atoms with E-state index in [4.69, 9.17) is 5.73 Å². The third-order valence-electron chi connectivity index (χ3n) is 3.37. The van der Waals surface area contributed by atoms with E-state index in [2.05, 4.69) is 16.6 Å². The topological polar surface area (TPSA) is 68.0 Å². The summed E-state index contributed by atoms with van der Waals surface area (Å²) in [7, 11) is 0. The Kier molecular flexibility index (Phi) is 4.47. The molecule has 0 saturated heterocycles. The van der Waals surface area contributed by atoms with Crippen LogP contribution in [-0.4, -0.2) is 28.4 Å². The second-order valence-corrected chi connectivity index (χ2v) is 5.77. The van der Waals surface area contributed by atoms with Crippen LogP contribution in [0, 0.1) is 0 Å². The van der Waals surface area contributed by atoms with Gasteiger partial charge in [0.05, 0.1) is 5.56 Å². The first-order valence-corrected chi connectivity index (χ1v) is 7.53. The van der Waals surface area contributed by atoms with Gasteiger partial charge >= 0.3 is 0 Å². The highest BCUT2D eigenvalue weighted by atomic mass is 32.2. The molecule has 3 N–H and O–H groups in total. The van der Waals surface area contributed by atoms with Crippen LogP contribution in [0.15, 0.2) is 18.3 Å². The quantitative estimate of drug-likeness (QED) is 0.876. The van der Waals surface area contributed by atoms with E-state index in [9.17, 15) is 4.79 Å². The lowest BCUT2D eigenvalue weighted by Gasteiger charge is -2.29. The van der Waals surface area contributed by atoms with E-state index >= 15 is 0 Å². The molecule has 1 fully saturated rings. The van der Waals surface area contributed by atoms with E-state index in [1.807, 2.05) is 11.8 Å². The summed E-state index contributed by atoms with van der Waals surface area (Å²) >= 11 is 1.92. The Morgan fingerprint density at radius 2 is 2.39 bits per heavy atom. The number of aromatic nitrogens is 1. The third-order valence-corrected chi connectivity index (χ3v) is 4.47. The first-order chi connectivity index (χ1) is 8.70. The molecule has 0 spiro atoms. The maximum absolute atomic E-state index is 11.3. The molecule has 5 heteroatoms. The molecule has 18 heavy (non-hydrogen) atoms. The molecule has 2 unspecified atom stereocenters. The first-order valence-electron chi connectivity index (χ1n) is 6.25. The molecule has 0 radical (unpaired) electrons. The number of carbonyl (C=O) groups excluding carboxylic acids is 1. The zero-order valence-corrected chi connectivity index (χ0v) is 11.4. The second-order valence-electron chi connectivity index (χ2n) is 4.63. The van der Waals surface area contributed by atoms with Crippen LogP contribution in [0.3, 0.4) is 0 Å². The molecule has 1 heterocycles. The van der Waals surface area contributed by atoms with Gasteiger partial charge in [0.2, 0.25) is 0 Å².